The summed E-state index contributed by atoms with van der Waals surface area (Å²) in [6, 6.07) is -0.622. The maximum absolute atomic E-state index is 12.3. The van der Waals surface area contributed by atoms with Crippen LogP contribution in [0.3, 0.4) is 0 Å². The summed E-state index contributed by atoms with van der Waals surface area (Å²) in [4.78, 5) is 46.5. The molecule has 0 aromatic carbocycles. The van der Waals surface area contributed by atoms with Crippen molar-refractivity contribution in [2.24, 2.45) is 5.92 Å². The van der Waals surface area contributed by atoms with Gasteiger partial charge in [0.25, 0.3) is 0 Å². The number of carbonyl (C=O) groups excluding carboxylic acids is 2. The summed E-state index contributed by atoms with van der Waals surface area (Å²) >= 11 is 0. The Labute approximate surface area is 154 Å². The number of ether oxygens (including phenoxy) is 1. The minimum atomic E-state index is -5.29. The van der Waals surface area contributed by atoms with Crippen molar-refractivity contribution in [3.63, 3.8) is 0 Å². The number of quaternary nitrogens is 2. The summed E-state index contributed by atoms with van der Waals surface area (Å²) in [5.41, 5.74) is 0.285. The molecule has 3 rings (SSSR count). The molecule has 14 heteroatoms. The second-order valence-electron chi connectivity index (χ2n) is 5.77. The number of phosphoric acid groups is 1. The Hall–Kier alpha value is -1.67. The molecule has 3 aliphatic heterocycles. The number of nitrogens with one attached hydrogen (secondary N) is 1. The van der Waals surface area contributed by atoms with E-state index in [0.29, 0.717) is 0 Å². The zero-order valence-electron chi connectivity index (χ0n) is 14.7. The lowest BCUT2D eigenvalue weighted by Crippen LogP contribution is -2.57. The van der Waals surface area contributed by atoms with Crippen molar-refractivity contribution in [2.75, 3.05) is 13.2 Å². The van der Waals surface area contributed by atoms with Crippen LogP contribution in [-0.2, 0) is 18.6 Å². The fourth-order valence-corrected chi connectivity index (χ4v) is 3.39. The Balaban J connectivity index is 0.00000182. The van der Waals surface area contributed by atoms with Gasteiger partial charge in [0, 0.05) is 12.2 Å². The molecule has 3 amide bonds. The van der Waals surface area contributed by atoms with Crippen LogP contribution in [0.5, 0.6) is 0 Å². The van der Waals surface area contributed by atoms with E-state index in [1.807, 2.05) is 0 Å². The number of phosphoric ester groups is 1. The number of hydrogen-bond acceptors (Lipinski definition) is 9. The normalized spacial score (nSPS) is 32.8. The maximum atomic E-state index is 12.3. The maximum Gasteiger partial charge on any atom is 0.328 e. The highest BCUT2D eigenvalue weighted by Crippen LogP contribution is 2.36. The first-order valence-corrected chi connectivity index (χ1v) is 8.82. The van der Waals surface area contributed by atoms with Gasteiger partial charge in [0.15, 0.2) is 0 Å². The molecule has 27 heavy (non-hydrogen) atoms. The molecule has 3 aliphatic rings. The highest BCUT2D eigenvalue weighted by molar-refractivity contribution is 7.43. The quantitative estimate of drug-likeness (QED) is 0.312. The lowest BCUT2D eigenvalue weighted by Gasteiger charge is -2.38. The Bertz CT molecular complexity index is 693. The van der Waals surface area contributed by atoms with Gasteiger partial charge in [-0.15, -0.1) is 0 Å². The highest BCUT2D eigenvalue weighted by atomic mass is 31.2. The molecule has 5 atom stereocenters. The summed E-state index contributed by atoms with van der Waals surface area (Å²) in [6.45, 7) is -0.580. The molecule has 0 bridgehead atoms. The van der Waals surface area contributed by atoms with Gasteiger partial charge < -0.3 is 46.1 Å². The van der Waals surface area contributed by atoms with Gasteiger partial charge in [0.05, 0.1) is 14.4 Å². The minimum absolute atomic E-state index is 0. The number of rotatable bonds is 4. The van der Waals surface area contributed by atoms with Crippen LogP contribution >= 0.6 is 7.82 Å². The van der Waals surface area contributed by atoms with Crippen molar-refractivity contribution >= 4 is 19.8 Å². The van der Waals surface area contributed by atoms with Crippen LogP contribution in [0.25, 0.3) is 0 Å². The number of aliphatic hydroxyl groups excluding tert-OH is 2. The predicted octanol–water partition coefficient (Wildman–Crippen LogP) is -2.30. The van der Waals surface area contributed by atoms with Crippen LogP contribution in [0.4, 0.5) is 4.79 Å². The Morgan fingerprint density at radius 1 is 1.30 bits per heavy atom. The molecule has 11 N–H and O–H groups in total. The summed E-state index contributed by atoms with van der Waals surface area (Å²) in [5, 5.41) is 22.3. The summed E-state index contributed by atoms with van der Waals surface area (Å²) in [6.07, 6.45) is -0.870. The third-order valence-corrected chi connectivity index (χ3v) is 4.67. The average Bonchev–Trinajstić information content (AvgIpc) is 2.81. The SMILES string of the molecule is O=C1NC(=O)N2CC=CC=C2C1[C@@H]1O[C@H](COP(=O)([O-])[O-])[C@@H](O)[C@H]1O.[NH4+].[NH4+]. The average molecular weight is 410 g/mol. The zero-order valence-corrected chi connectivity index (χ0v) is 15.6. The van der Waals surface area contributed by atoms with Crippen LogP contribution in [0, 0.1) is 5.92 Å². The molecule has 154 valence electrons. The first-order valence-electron chi connectivity index (χ1n) is 7.36. The van der Waals surface area contributed by atoms with E-state index in [2.05, 4.69) is 9.84 Å². The summed E-state index contributed by atoms with van der Waals surface area (Å²) < 4.78 is 20.0. The molecule has 0 aliphatic carbocycles. The van der Waals surface area contributed by atoms with Gasteiger partial charge in [-0.2, -0.15) is 0 Å². The van der Waals surface area contributed by atoms with Crippen LogP contribution in [0.1, 0.15) is 0 Å². The van der Waals surface area contributed by atoms with Crippen LogP contribution in [0.15, 0.2) is 23.9 Å². The topological polar surface area (TPSA) is 245 Å². The van der Waals surface area contributed by atoms with Crippen LogP contribution < -0.4 is 27.4 Å². The van der Waals surface area contributed by atoms with Crippen molar-refractivity contribution in [3.05, 3.63) is 23.9 Å². The number of fused-ring (bicyclic) bond motifs is 1. The second kappa shape index (κ2) is 8.56. The van der Waals surface area contributed by atoms with Crippen molar-refractivity contribution in [2.45, 2.75) is 24.4 Å². The lowest BCUT2D eigenvalue weighted by atomic mass is 9.89. The van der Waals surface area contributed by atoms with Gasteiger partial charge in [0.2, 0.25) is 5.91 Å². The largest absolute Gasteiger partial charge is 0.790 e. The van der Waals surface area contributed by atoms with Gasteiger partial charge in [-0.05, 0) is 6.08 Å². The molecule has 0 aromatic rings. The molecule has 0 radical (unpaired) electrons. The number of imide groups is 1. The van der Waals surface area contributed by atoms with Crippen molar-refractivity contribution in [3.8, 4) is 0 Å². The van der Waals surface area contributed by atoms with Gasteiger partial charge in [-0.3, -0.25) is 15.0 Å². The molecule has 3 heterocycles. The fourth-order valence-electron chi connectivity index (χ4n) is 3.06. The minimum Gasteiger partial charge on any atom is -0.790 e. The van der Waals surface area contributed by atoms with E-state index < -0.39 is 56.7 Å². The van der Waals surface area contributed by atoms with Crippen LogP contribution in [-0.4, -0.2) is 64.6 Å². The standard InChI is InChI=1S/C13H17N2O9P.2H3N/c16-9-7(5-23-25(20,21)22)24-11(10(9)17)8-6-3-1-2-4-15(6)13(19)14-12(8)18;;/h1-3,7-11,16-17H,4-5H2,(H,14,18,19)(H2,20,21,22);2*1H3/t7-,8?,9-,10-,11+;;/m1../s1. The fraction of sp³-hybridized carbons (Fsp3) is 0.538. The summed E-state index contributed by atoms with van der Waals surface area (Å²) in [5.74, 6) is -1.83. The Morgan fingerprint density at radius 3 is 2.59 bits per heavy atom. The number of aliphatic hydroxyl groups is 2. The number of carbonyl (C=O) groups is 2. The molecule has 13 nitrogen and oxygen atoms in total. The molecule has 2 fully saturated rings. The molecule has 0 aromatic heterocycles. The van der Waals surface area contributed by atoms with E-state index >= 15 is 0 Å². The third-order valence-electron chi connectivity index (χ3n) is 4.20. The molecule has 2 saturated heterocycles. The molecular weight excluding hydrogens is 387 g/mol. The third kappa shape index (κ3) is 4.60. The van der Waals surface area contributed by atoms with E-state index in [1.54, 1.807) is 12.2 Å². The van der Waals surface area contributed by atoms with Crippen LogP contribution in [0.2, 0.25) is 0 Å². The number of allylic oxidation sites excluding steroid dienone is 2. The number of urea groups is 1. The number of nitrogens with zero attached hydrogens (tertiary/aromatic N) is 1. The van der Waals surface area contributed by atoms with E-state index in [-0.39, 0.29) is 24.5 Å². The first kappa shape index (κ1) is 23.4. The van der Waals surface area contributed by atoms with Gasteiger partial charge >= 0.3 is 6.03 Å². The predicted molar refractivity (Wildman–Crippen MR) is 87.2 cm³/mol. The zero-order chi connectivity index (χ0) is 18.4. The van der Waals surface area contributed by atoms with E-state index in [0.717, 1.165) is 0 Å². The van der Waals surface area contributed by atoms with Crippen molar-refractivity contribution < 1.29 is 43.4 Å². The van der Waals surface area contributed by atoms with Gasteiger partial charge in [-0.1, -0.05) is 12.2 Å². The second-order valence-corrected chi connectivity index (χ2v) is 6.92. The number of hydrogen-bond donors (Lipinski definition) is 5. The molecule has 0 spiro atoms. The summed E-state index contributed by atoms with van der Waals surface area (Å²) in [7, 11) is -5.29. The highest BCUT2D eigenvalue weighted by Gasteiger charge is 2.52. The van der Waals surface area contributed by atoms with E-state index in [4.69, 9.17) is 4.74 Å². The number of amides is 3. The first-order chi connectivity index (χ1) is 11.7. The molecular formula is C13H23N4O9P. The lowest BCUT2D eigenvalue weighted by molar-refractivity contribution is -0.343. The monoisotopic (exact) mass is 410 g/mol. The van der Waals surface area contributed by atoms with Gasteiger partial charge in [0.1, 0.15) is 30.3 Å². The van der Waals surface area contributed by atoms with E-state index in [1.165, 1.54) is 11.0 Å². The molecule has 0 saturated carbocycles. The van der Waals surface area contributed by atoms with Crippen molar-refractivity contribution in [1.82, 2.24) is 22.5 Å². The Kier molecular flexibility index (Phi) is 7.41. The Morgan fingerprint density at radius 2 is 1.96 bits per heavy atom. The van der Waals surface area contributed by atoms with Crippen molar-refractivity contribution in [1.29, 1.82) is 0 Å². The van der Waals surface area contributed by atoms with E-state index in [9.17, 15) is 34.2 Å². The molecule has 1 unspecified atom stereocenters. The van der Waals surface area contributed by atoms with Gasteiger partial charge in [-0.25, -0.2) is 4.79 Å². The smallest absolute Gasteiger partial charge is 0.328 e.